The fraction of sp³-hybridized carbons (Fsp3) is 0.233. The van der Waals surface area contributed by atoms with Gasteiger partial charge in [-0.05, 0) is 32.4 Å². The minimum absolute atomic E-state index is 0.0813. The number of carboxylic acids is 1. The number of hydrogen-bond donors (Lipinski definition) is 2. The van der Waals surface area contributed by atoms with E-state index in [-0.39, 0.29) is 29.2 Å². The van der Waals surface area contributed by atoms with Crippen LogP contribution in [0.1, 0.15) is 32.8 Å². The maximum atomic E-state index is 13.3. The van der Waals surface area contributed by atoms with Crippen LogP contribution in [0.2, 0.25) is 0 Å². The number of rotatable bonds is 6. The Morgan fingerprint density at radius 3 is 2.50 bits per heavy atom. The molecule has 3 aromatic rings. The van der Waals surface area contributed by atoms with E-state index in [1.54, 1.807) is 16.7 Å². The van der Waals surface area contributed by atoms with Crippen LogP contribution >= 0.6 is 0 Å². The van der Waals surface area contributed by atoms with Crippen LogP contribution < -0.4 is 10.6 Å². The van der Waals surface area contributed by atoms with E-state index in [9.17, 15) is 19.8 Å². The number of carbonyl (C=O) groups is 2. The number of fused-ring (bicyclic) bond motifs is 2. The first kappa shape index (κ1) is 23.5. The lowest BCUT2D eigenvalue weighted by molar-refractivity contribution is -0.428. The molecule has 2 aliphatic rings. The Bertz CT molecular complexity index is 1660. The summed E-state index contributed by atoms with van der Waals surface area (Å²) < 4.78 is 3.84. The number of para-hydroxylation sites is 2. The van der Waals surface area contributed by atoms with Crippen LogP contribution in [0.3, 0.4) is 0 Å². The lowest BCUT2D eigenvalue weighted by Gasteiger charge is -2.21. The second kappa shape index (κ2) is 8.48. The average molecular weight is 482 g/mol. The Morgan fingerprint density at radius 1 is 1.11 bits per heavy atom. The molecule has 0 radical (unpaired) electrons. The van der Waals surface area contributed by atoms with E-state index in [0.717, 1.165) is 45.7 Å². The molecule has 0 unspecified atom stereocenters. The molecular weight excluding hydrogens is 452 g/mol. The van der Waals surface area contributed by atoms with Gasteiger partial charge in [-0.15, -0.1) is 0 Å². The summed E-state index contributed by atoms with van der Waals surface area (Å²) in [6.45, 7) is 10.9. The number of Topliss-reactive ketones (excluding diaryl/α,β-unsaturated/α-hetero) is 1. The van der Waals surface area contributed by atoms with Crippen molar-refractivity contribution in [2.24, 2.45) is 0 Å². The van der Waals surface area contributed by atoms with Crippen molar-refractivity contribution in [1.82, 2.24) is 4.57 Å². The van der Waals surface area contributed by atoms with Crippen LogP contribution in [0.15, 0.2) is 71.5 Å². The third kappa shape index (κ3) is 3.44. The standard InChI is InChI=1S/C30H28N2O4/c1-5-14-31-23-12-8-6-10-19(23)18(2)25(31)15-20-28(35)21(29(20)36)16-26-30(3,4)22-11-7-9-13-24(22)32(26)17-27(33)34/h6-13,15-16H,2,5,14,17H2,1,3-4H3,(H-,33,34,35,36)/p+1. The van der Waals surface area contributed by atoms with Crippen LogP contribution in [0.4, 0.5) is 5.69 Å². The van der Waals surface area contributed by atoms with Crippen molar-refractivity contribution in [3.63, 3.8) is 0 Å². The zero-order valence-corrected chi connectivity index (χ0v) is 20.7. The highest BCUT2D eigenvalue weighted by Crippen LogP contribution is 2.41. The van der Waals surface area contributed by atoms with Crippen molar-refractivity contribution in [3.05, 3.63) is 87.6 Å². The molecule has 6 nitrogen and oxygen atoms in total. The van der Waals surface area contributed by atoms with Gasteiger partial charge >= 0.3 is 5.97 Å². The van der Waals surface area contributed by atoms with E-state index >= 15 is 0 Å². The van der Waals surface area contributed by atoms with Gasteiger partial charge in [-0.1, -0.05) is 49.9 Å². The summed E-state index contributed by atoms with van der Waals surface area (Å²) in [5.74, 6) is -1.32. The average Bonchev–Trinajstić information content (AvgIpc) is 3.23. The van der Waals surface area contributed by atoms with Gasteiger partial charge in [0.25, 0.3) is 0 Å². The van der Waals surface area contributed by atoms with E-state index in [4.69, 9.17) is 0 Å². The molecule has 0 fully saturated rings. The molecule has 1 aliphatic carbocycles. The summed E-state index contributed by atoms with van der Waals surface area (Å²) in [7, 11) is 0. The molecule has 0 bridgehead atoms. The SMILES string of the molecule is C=c1c(=CC2=C(O)C(=CC3=[N+](CC(=O)O)c4ccccc4C3(C)C)C2=O)n(CCC)c2ccccc12. The lowest BCUT2D eigenvalue weighted by atomic mass is 9.78. The third-order valence-corrected chi connectivity index (χ3v) is 7.22. The number of aliphatic carboxylic acids is 1. The Kier molecular flexibility index (Phi) is 5.55. The Morgan fingerprint density at radius 2 is 1.81 bits per heavy atom. The van der Waals surface area contributed by atoms with Crippen molar-refractivity contribution < 1.29 is 24.4 Å². The van der Waals surface area contributed by atoms with Gasteiger partial charge in [-0.25, -0.2) is 4.79 Å². The Balaban J connectivity index is 1.66. The van der Waals surface area contributed by atoms with E-state index < -0.39 is 11.4 Å². The molecular formula is C30H29N2O4+. The van der Waals surface area contributed by atoms with Gasteiger partial charge in [0, 0.05) is 45.7 Å². The summed E-state index contributed by atoms with van der Waals surface area (Å²) in [6, 6.07) is 15.6. The molecule has 0 saturated carbocycles. The van der Waals surface area contributed by atoms with Gasteiger partial charge in [0.1, 0.15) is 5.76 Å². The smallest absolute Gasteiger partial charge is 0.370 e. The third-order valence-electron chi connectivity index (χ3n) is 7.22. The molecule has 36 heavy (non-hydrogen) atoms. The molecule has 6 heteroatoms. The molecule has 182 valence electrons. The molecule has 0 saturated heterocycles. The molecule has 0 spiro atoms. The van der Waals surface area contributed by atoms with Crippen LogP contribution in [0.25, 0.3) is 23.6 Å². The highest BCUT2D eigenvalue weighted by molar-refractivity contribution is 6.26. The predicted molar refractivity (Wildman–Crippen MR) is 141 cm³/mol. The number of aryl methyl sites for hydroxylation is 1. The second-order valence-electron chi connectivity index (χ2n) is 9.83. The van der Waals surface area contributed by atoms with Crippen molar-refractivity contribution in [2.45, 2.75) is 39.2 Å². The zero-order chi connectivity index (χ0) is 25.8. The number of aliphatic hydroxyl groups is 1. The van der Waals surface area contributed by atoms with Gasteiger partial charge in [-0.2, -0.15) is 4.58 Å². The summed E-state index contributed by atoms with van der Waals surface area (Å²) in [5.41, 5.74) is 3.38. The summed E-state index contributed by atoms with van der Waals surface area (Å²) in [5, 5.41) is 23.2. The molecule has 0 atom stereocenters. The number of aromatic nitrogens is 1. The largest absolute Gasteiger partial charge is 0.506 e. The molecule has 1 aromatic heterocycles. The first-order valence-electron chi connectivity index (χ1n) is 12.1. The molecule has 2 aromatic carbocycles. The van der Waals surface area contributed by atoms with Crippen molar-refractivity contribution in [3.8, 4) is 0 Å². The number of carbonyl (C=O) groups excluding carboxylic acids is 1. The summed E-state index contributed by atoms with van der Waals surface area (Å²) in [6.07, 6.45) is 4.28. The van der Waals surface area contributed by atoms with Gasteiger partial charge < -0.3 is 14.8 Å². The second-order valence-corrected chi connectivity index (χ2v) is 9.83. The maximum absolute atomic E-state index is 13.3. The van der Waals surface area contributed by atoms with Crippen molar-refractivity contribution in [1.29, 1.82) is 0 Å². The normalized spacial score (nSPS) is 18.4. The highest BCUT2D eigenvalue weighted by Gasteiger charge is 2.46. The highest BCUT2D eigenvalue weighted by atomic mass is 16.4. The zero-order valence-electron chi connectivity index (χ0n) is 20.7. The van der Waals surface area contributed by atoms with E-state index in [0.29, 0.717) is 5.71 Å². The maximum Gasteiger partial charge on any atom is 0.370 e. The number of aliphatic hydroxyl groups excluding tert-OH is 1. The van der Waals surface area contributed by atoms with Gasteiger partial charge in [0.05, 0.1) is 16.6 Å². The Hall–Kier alpha value is -4.19. The first-order valence-corrected chi connectivity index (χ1v) is 12.1. The molecule has 5 rings (SSSR count). The minimum atomic E-state index is -0.973. The summed E-state index contributed by atoms with van der Waals surface area (Å²) >= 11 is 0. The quantitative estimate of drug-likeness (QED) is 0.415. The monoisotopic (exact) mass is 481 g/mol. The number of benzene rings is 2. The van der Waals surface area contributed by atoms with E-state index in [1.165, 1.54) is 0 Å². The molecule has 0 amide bonds. The van der Waals surface area contributed by atoms with E-state index in [1.807, 2.05) is 62.4 Å². The Labute approximate surface area is 209 Å². The van der Waals surface area contributed by atoms with Crippen LogP contribution in [0.5, 0.6) is 0 Å². The first-order chi connectivity index (χ1) is 17.2. The number of allylic oxidation sites excluding steroid dienone is 3. The molecule has 2 N–H and O–H groups in total. The fourth-order valence-electron chi connectivity index (χ4n) is 5.42. The van der Waals surface area contributed by atoms with Crippen molar-refractivity contribution in [2.75, 3.05) is 6.54 Å². The number of ketones is 1. The predicted octanol–water partition coefficient (Wildman–Crippen LogP) is 3.72. The number of carboxylic acid groups (broad SMARTS) is 1. The van der Waals surface area contributed by atoms with Gasteiger partial charge in [-0.3, -0.25) is 4.79 Å². The molecule has 2 heterocycles. The van der Waals surface area contributed by atoms with Gasteiger partial charge in [0.15, 0.2) is 5.71 Å². The summed E-state index contributed by atoms with van der Waals surface area (Å²) in [4.78, 5) is 24.9. The van der Waals surface area contributed by atoms with Crippen LogP contribution in [-0.2, 0) is 21.5 Å². The fourth-order valence-corrected chi connectivity index (χ4v) is 5.42. The van der Waals surface area contributed by atoms with E-state index in [2.05, 4.69) is 18.1 Å². The topological polar surface area (TPSA) is 82.5 Å². The molecule has 1 aliphatic heterocycles. The van der Waals surface area contributed by atoms with Gasteiger partial charge in [0.2, 0.25) is 18.0 Å². The lowest BCUT2D eigenvalue weighted by Crippen LogP contribution is -2.34. The number of hydrogen-bond acceptors (Lipinski definition) is 3. The minimum Gasteiger partial charge on any atom is -0.506 e. The van der Waals surface area contributed by atoms with Crippen molar-refractivity contribution >= 4 is 46.7 Å². The van der Waals surface area contributed by atoms with Crippen LogP contribution in [0, 0.1) is 0 Å². The number of nitrogens with zero attached hydrogens (tertiary/aromatic N) is 2. The van der Waals surface area contributed by atoms with Crippen LogP contribution in [-0.4, -0.2) is 43.4 Å².